The van der Waals surface area contributed by atoms with Crippen LogP contribution in [0.3, 0.4) is 0 Å². The van der Waals surface area contributed by atoms with Crippen LogP contribution in [0, 0.1) is 12.7 Å². The number of ether oxygens (including phenoxy) is 1. The molecule has 0 radical (unpaired) electrons. The van der Waals surface area contributed by atoms with Crippen molar-refractivity contribution in [1.82, 2.24) is 0 Å². The first-order valence-electron chi connectivity index (χ1n) is 6.62. The number of halogens is 1. The van der Waals surface area contributed by atoms with Gasteiger partial charge in [0.05, 0.1) is 6.10 Å². The first-order valence-corrected chi connectivity index (χ1v) is 6.62. The van der Waals surface area contributed by atoms with Crippen molar-refractivity contribution in [3.05, 3.63) is 71.0 Å². The number of hydrogen-bond donors (Lipinski definition) is 1. The van der Waals surface area contributed by atoms with Crippen molar-refractivity contribution in [2.24, 2.45) is 0 Å². The summed E-state index contributed by atoms with van der Waals surface area (Å²) in [5, 5.41) is 10.4. The van der Waals surface area contributed by atoms with Gasteiger partial charge in [-0.15, -0.1) is 0 Å². The van der Waals surface area contributed by atoms with E-state index < -0.39 is 6.10 Å². The Morgan fingerprint density at radius 3 is 2.45 bits per heavy atom. The number of benzene rings is 2. The van der Waals surface area contributed by atoms with Crippen LogP contribution < -0.4 is 0 Å². The van der Waals surface area contributed by atoms with Gasteiger partial charge in [0.1, 0.15) is 11.9 Å². The van der Waals surface area contributed by atoms with E-state index in [1.165, 1.54) is 12.1 Å². The van der Waals surface area contributed by atoms with Crippen molar-refractivity contribution in [3.63, 3.8) is 0 Å². The molecule has 0 aliphatic carbocycles. The number of aryl methyl sites for hydroxylation is 1. The third kappa shape index (κ3) is 3.44. The fourth-order valence-electron chi connectivity index (χ4n) is 2.38. The molecule has 3 heteroatoms. The minimum atomic E-state index is -0.674. The number of methoxy groups -OCH3 is 1. The van der Waals surface area contributed by atoms with E-state index in [1.807, 2.05) is 37.3 Å². The Hall–Kier alpha value is -1.71. The van der Waals surface area contributed by atoms with E-state index in [1.54, 1.807) is 13.2 Å². The van der Waals surface area contributed by atoms with Crippen LogP contribution in [0.5, 0.6) is 0 Å². The fourth-order valence-corrected chi connectivity index (χ4v) is 2.38. The average Bonchev–Trinajstić information content (AvgIpc) is 2.44. The van der Waals surface area contributed by atoms with Crippen molar-refractivity contribution in [2.75, 3.05) is 7.11 Å². The molecule has 0 bridgehead atoms. The summed E-state index contributed by atoms with van der Waals surface area (Å²) in [6, 6.07) is 14.2. The molecular weight excluding hydrogens is 255 g/mol. The number of hydrogen-bond acceptors (Lipinski definition) is 2. The highest BCUT2D eigenvalue weighted by molar-refractivity contribution is 5.28. The molecule has 1 N–H and O–H groups in total. The number of aliphatic hydroxyl groups is 1. The Kier molecular flexibility index (Phi) is 4.88. The highest BCUT2D eigenvalue weighted by Gasteiger charge is 2.21. The van der Waals surface area contributed by atoms with E-state index in [0.717, 1.165) is 16.7 Å². The lowest BCUT2D eigenvalue weighted by Crippen LogP contribution is -2.23. The summed E-state index contributed by atoms with van der Waals surface area (Å²) in [4.78, 5) is 0. The van der Waals surface area contributed by atoms with E-state index in [2.05, 4.69) is 0 Å². The van der Waals surface area contributed by atoms with Crippen LogP contribution >= 0.6 is 0 Å². The van der Waals surface area contributed by atoms with Gasteiger partial charge < -0.3 is 9.84 Å². The molecule has 20 heavy (non-hydrogen) atoms. The zero-order chi connectivity index (χ0) is 14.5. The molecule has 0 saturated carbocycles. The molecular formula is C17H19FO2. The van der Waals surface area contributed by atoms with Gasteiger partial charge in [-0.2, -0.15) is 0 Å². The molecule has 0 fully saturated rings. The lowest BCUT2D eigenvalue weighted by atomic mass is 9.96. The normalized spacial score (nSPS) is 14.0. The van der Waals surface area contributed by atoms with Crippen LogP contribution in [0.2, 0.25) is 0 Å². The van der Waals surface area contributed by atoms with Crippen molar-refractivity contribution < 1.29 is 14.2 Å². The summed E-state index contributed by atoms with van der Waals surface area (Å²) < 4.78 is 18.5. The van der Waals surface area contributed by atoms with Gasteiger partial charge in [-0.25, -0.2) is 4.39 Å². The first kappa shape index (κ1) is 14.7. The minimum Gasteiger partial charge on any atom is -0.390 e. The molecule has 0 heterocycles. The van der Waals surface area contributed by atoms with Crippen LogP contribution in [-0.4, -0.2) is 18.3 Å². The summed E-state index contributed by atoms with van der Waals surface area (Å²) in [6.45, 7) is 1.84. The quantitative estimate of drug-likeness (QED) is 0.905. The molecule has 2 rings (SSSR count). The standard InChI is InChI=1S/C17H19FO2/c1-12-10-15(18)9-8-14(12)11-16(19)17(20-2)13-6-4-3-5-7-13/h3-10,16-17,19H,11H2,1-2H3. The van der Waals surface area contributed by atoms with Gasteiger partial charge in [0, 0.05) is 13.5 Å². The maximum Gasteiger partial charge on any atom is 0.123 e. The second-order valence-electron chi connectivity index (χ2n) is 4.91. The zero-order valence-corrected chi connectivity index (χ0v) is 11.7. The van der Waals surface area contributed by atoms with Crippen LogP contribution in [0.15, 0.2) is 48.5 Å². The Labute approximate surface area is 118 Å². The summed E-state index contributed by atoms with van der Waals surface area (Å²) in [5.41, 5.74) is 2.70. The molecule has 2 unspecified atom stereocenters. The third-order valence-electron chi connectivity index (χ3n) is 3.47. The lowest BCUT2D eigenvalue weighted by molar-refractivity contribution is -0.0129. The molecule has 2 aromatic carbocycles. The Balaban J connectivity index is 2.15. The molecule has 2 nitrogen and oxygen atoms in total. The fraction of sp³-hybridized carbons (Fsp3) is 0.294. The van der Waals surface area contributed by atoms with Crippen molar-refractivity contribution >= 4 is 0 Å². The largest absolute Gasteiger partial charge is 0.390 e. The summed E-state index contributed by atoms with van der Waals surface area (Å²) >= 11 is 0. The molecule has 0 spiro atoms. The van der Waals surface area contributed by atoms with Crippen LogP contribution in [0.25, 0.3) is 0 Å². The molecule has 0 aliphatic heterocycles. The second-order valence-corrected chi connectivity index (χ2v) is 4.91. The molecule has 2 atom stereocenters. The minimum absolute atomic E-state index is 0.257. The van der Waals surface area contributed by atoms with E-state index in [-0.39, 0.29) is 11.9 Å². The third-order valence-corrected chi connectivity index (χ3v) is 3.47. The van der Waals surface area contributed by atoms with Crippen molar-refractivity contribution in [3.8, 4) is 0 Å². The Morgan fingerprint density at radius 1 is 1.15 bits per heavy atom. The van der Waals surface area contributed by atoms with Gasteiger partial charge in [-0.1, -0.05) is 36.4 Å². The van der Waals surface area contributed by atoms with Crippen molar-refractivity contribution in [1.29, 1.82) is 0 Å². The number of rotatable bonds is 5. The van der Waals surface area contributed by atoms with E-state index in [0.29, 0.717) is 6.42 Å². The van der Waals surface area contributed by atoms with Crippen LogP contribution in [0.1, 0.15) is 22.8 Å². The predicted octanol–water partition coefficient (Wildman–Crippen LogP) is 3.43. The van der Waals surface area contributed by atoms with E-state index >= 15 is 0 Å². The molecule has 0 aromatic heterocycles. The van der Waals surface area contributed by atoms with Crippen LogP contribution in [-0.2, 0) is 11.2 Å². The zero-order valence-electron chi connectivity index (χ0n) is 11.7. The second kappa shape index (κ2) is 6.64. The maximum atomic E-state index is 13.1. The molecule has 0 saturated heterocycles. The summed E-state index contributed by atoms with van der Waals surface area (Å²) in [6.07, 6.45) is -0.633. The SMILES string of the molecule is COC(c1ccccc1)C(O)Cc1ccc(F)cc1C. The van der Waals surface area contributed by atoms with Gasteiger partial charge >= 0.3 is 0 Å². The topological polar surface area (TPSA) is 29.5 Å². The highest BCUT2D eigenvalue weighted by Crippen LogP contribution is 2.24. The molecule has 106 valence electrons. The van der Waals surface area contributed by atoms with E-state index in [4.69, 9.17) is 4.74 Å². The molecule has 0 aliphatic rings. The van der Waals surface area contributed by atoms with Gasteiger partial charge in [0.25, 0.3) is 0 Å². The first-order chi connectivity index (χ1) is 9.61. The molecule has 0 amide bonds. The van der Waals surface area contributed by atoms with Crippen LogP contribution in [0.4, 0.5) is 4.39 Å². The lowest BCUT2D eigenvalue weighted by Gasteiger charge is -2.22. The van der Waals surface area contributed by atoms with Gasteiger partial charge in [-0.3, -0.25) is 0 Å². The van der Waals surface area contributed by atoms with Gasteiger partial charge in [0.15, 0.2) is 0 Å². The summed E-state index contributed by atoms with van der Waals surface area (Å²) in [7, 11) is 1.58. The Bertz CT molecular complexity index is 554. The predicted molar refractivity (Wildman–Crippen MR) is 77.0 cm³/mol. The van der Waals surface area contributed by atoms with Crippen molar-refractivity contribution in [2.45, 2.75) is 25.6 Å². The molecule has 2 aromatic rings. The maximum absolute atomic E-state index is 13.1. The average molecular weight is 274 g/mol. The highest BCUT2D eigenvalue weighted by atomic mass is 19.1. The number of aliphatic hydroxyl groups excluding tert-OH is 1. The van der Waals surface area contributed by atoms with Gasteiger partial charge in [-0.05, 0) is 35.7 Å². The summed E-state index contributed by atoms with van der Waals surface area (Å²) in [5.74, 6) is -0.257. The smallest absolute Gasteiger partial charge is 0.123 e. The Morgan fingerprint density at radius 2 is 1.85 bits per heavy atom. The van der Waals surface area contributed by atoms with Gasteiger partial charge in [0.2, 0.25) is 0 Å². The monoisotopic (exact) mass is 274 g/mol. The van der Waals surface area contributed by atoms with E-state index in [9.17, 15) is 9.50 Å².